The van der Waals surface area contributed by atoms with E-state index in [1.807, 2.05) is 26.4 Å². The molecule has 3 heterocycles. The molecule has 2 aliphatic rings. The van der Waals surface area contributed by atoms with Crippen LogP contribution in [0.25, 0.3) is 0 Å². The Hall–Kier alpha value is -1.73. The average molecular weight is 346 g/mol. The molecule has 4 rings (SSSR count). The van der Waals surface area contributed by atoms with Crippen LogP contribution in [0.4, 0.5) is 0 Å². The van der Waals surface area contributed by atoms with Crippen molar-refractivity contribution in [1.29, 1.82) is 0 Å². The number of ether oxygens (including phenoxy) is 1. The minimum atomic E-state index is -0.139. The van der Waals surface area contributed by atoms with Gasteiger partial charge in [-0.2, -0.15) is 11.3 Å². The van der Waals surface area contributed by atoms with Gasteiger partial charge in [-0.3, -0.25) is 4.79 Å². The summed E-state index contributed by atoms with van der Waals surface area (Å²) in [6.07, 6.45) is 3.32. The summed E-state index contributed by atoms with van der Waals surface area (Å²) in [5, 5.41) is 12.5. The van der Waals surface area contributed by atoms with Gasteiger partial charge >= 0.3 is 0 Å². The van der Waals surface area contributed by atoms with Crippen molar-refractivity contribution in [2.75, 3.05) is 19.8 Å². The summed E-state index contributed by atoms with van der Waals surface area (Å²) in [4.78, 5) is 14.8. The fourth-order valence-corrected chi connectivity index (χ4v) is 3.87. The second-order valence-corrected chi connectivity index (χ2v) is 7.27. The summed E-state index contributed by atoms with van der Waals surface area (Å²) < 4.78 is 7.87. The number of aryl methyl sites for hydroxylation is 1. The number of carbonyl (C=O) groups is 1. The van der Waals surface area contributed by atoms with E-state index >= 15 is 0 Å². The summed E-state index contributed by atoms with van der Waals surface area (Å²) in [6.45, 7) is 4.84. The van der Waals surface area contributed by atoms with Crippen LogP contribution in [0.2, 0.25) is 0 Å². The van der Waals surface area contributed by atoms with Gasteiger partial charge in [0.2, 0.25) is 0 Å². The molecular weight excluding hydrogens is 324 g/mol. The van der Waals surface area contributed by atoms with Crippen molar-refractivity contribution in [2.24, 2.45) is 5.92 Å². The average Bonchev–Trinajstić information content (AvgIpc) is 3.11. The number of nitrogens with zero attached hydrogens (tertiary/aromatic N) is 4. The van der Waals surface area contributed by atoms with Crippen LogP contribution in [0.1, 0.15) is 47.6 Å². The monoisotopic (exact) mass is 346 g/mol. The van der Waals surface area contributed by atoms with Gasteiger partial charge in [-0.25, -0.2) is 4.68 Å². The largest absolute Gasteiger partial charge is 0.379 e. The smallest absolute Gasteiger partial charge is 0.255 e. The fraction of sp³-hybridized carbons (Fsp3) is 0.588. The first-order valence-corrected chi connectivity index (χ1v) is 9.55. The predicted molar refractivity (Wildman–Crippen MR) is 91.0 cm³/mol. The Labute approximate surface area is 145 Å². The first kappa shape index (κ1) is 15.8. The van der Waals surface area contributed by atoms with Gasteiger partial charge < -0.3 is 9.64 Å². The second kappa shape index (κ2) is 6.64. The maximum Gasteiger partial charge on any atom is 0.255 e. The lowest BCUT2D eigenvalue weighted by molar-refractivity contribution is 0.0355. The standard InChI is InChI=1S/C17H22N4O2S/c1-2-21-14-5-7-20(17(22)13-6-8-24-11-13)15(16(14)18-19-21)10-23-9-12-3-4-12/h6,8,11-12,15H,2-5,7,9-10H2,1H3. The predicted octanol–water partition coefficient (Wildman–Crippen LogP) is 2.53. The molecule has 1 saturated carbocycles. The van der Waals surface area contributed by atoms with Crippen LogP contribution < -0.4 is 0 Å². The summed E-state index contributed by atoms with van der Waals surface area (Å²) in [6, 6.07) is 1.74. The number of thiophene rings is 1. The maximum absolute atomic E-state index is 12.9. The SMILES string of the molecule is CCn1nnc2c1CCN(C(=O)c1ccsc1)C2COCC1CC1. The van der Waals surface area contributed by atoms with E-state index < -0.39 is 0 Å². The van der Waals surface area contributed by atoms with Gasteiger partial charge in [0.25, 0.3) is 5.91 Å². The third-order valence-electron chi connectivity index (χ3n) is 4.80. The number of fused-ring (bicyclic) bond motifs is 1. The zero-order valence-corrected chi connectivity index (χ0v) is 14.7. The molecule has 1 aliphatic heterocycles. The molecule has 7 heteroatoms. The number of hydrogen-bond donors (Lipinski definition) is 0. The van der Waals surface area contributed by atoms with Crippen molar-refractivity contribution < 1.29 is 9.53 Å². The molecule has 1 fully saturated rings. The summed E-state index contributed by atoms with van der Waals surface area (Å²) in [5.41, 5.74) is 2.80. The number of hydrogen-bond acceptors (Lipinski definition) is 5. The molecule has 0 bridgehead atoms. The minimum Gasteiger partial charge on any atom is -0.379 e. The van der Waals surface area contributed by atoms with E-state index in [1.54, 1.807) is 11.3 Å². The molecule has 0 aromatic carbocycles. The number of aromatic nitrogens is 3. The molecule has 2 aromatic rings. The van der Waals surface area contributed by atoms with E-state index in [1.165, 1.54) is 12.8 Å². The lowest BCUT2D eigenvalue weighted by Gasteiger charge is -2.34. The van der Waals surface area contributed by atoms with Crippen LogP contribution in [0.3, 0.4) is 0 Å². The van der Waals surface area contributed by atoms with Crippen molar-refractivity contribution in [3.05, 3.63) is 33.8 Å². The Morgan fingerprint density at radius 1 is 1.42 bits per heavy atom. The molecule has 0 saturated heterocycles. The number of amides is 1. The molecule has 1 unspecified atom stereocenters. The molecule has 0 N–H and O–H groups in total. The minimum absolute atomic E-state index is 0.0629. The molecule has 1 atom stereocenters. The third kappa shape index (κ3) is 2.98. The normalized spacial score (nSPS) is 20.2. The molecular formula is C17H22N4O2S. The van der Waals surface area contributed by atoms with Crippen LogP contribution in [-0.4, -0.2) is 45.6 Å². The topological polar surface area (TPSA) is 60.2 Å². The Morgan fingerprint density at radius 3 is 3.00 bits per heavy atom. The lowest BCUT2D eigenvalue weighted by Crippen LogP contribution is -2.42. The van der Waals surface area contributed by atoms with Gasteiger partial charge in [-0.1, -0.05) is 5.21 Å². The van der Waals surface area contributed by atoms with Crippen LogP contribution in [-0.2, 0) is 17.7 Å². The molecule has 0 radical (unpaired) electrons. The van der Waals surface area contributed by atoms with E-state index in [9.17, 15) is 4.79 Å². The van der Waals surface area contributed by atoms with Crippen LogP contribution in [0.5, 0.6) is 0 Å². The summed E-state index contributed by atoms with van der Waals surface area (Å²) in [5.74, 6) is 0.772. The Kier molecular flexibility index (Phi) is 4.37. The highest BCUT2D eigenvalue weighted by atomic mass is 32.1. The molecule has 6 nitrogen and oxygen atoms in total. The van der Waals surface area contributed by atoms with Crippen molar-refractivity contribution in [3.63, 3.8) is 0 Å². The summed E-state index contributed by atoms with van der Waals surface area (Å²) >= 11 is 1.55. The van der Waals surface area contributed by atoms with Gasteiger partial charge in [-0.15, -0.1) is 5.10 Å². The first-order chi connectivity index (χ1) is 11.8. The third-order valence-corrected chi connectivity index (χ3v) is 5.49. The second-order valence-electron chi connectivity index (χ2n) is 6.49. The highest BCUT2D eigenvalue weighted by Gasteiger charge is 2.36. The number of carbonyl (C=O) groups excluding carboxylic acids is 1. The van der Waals surface area contributed by atoms with Crippen LogP contribution >= 0.6 is 11.3 Å². The zero-order chi connectivity index (χ0) is 16.5. The molecule has 1 aliphatic carbocycles. The molecule has 128 valence electrons. The lowest BCUT2D eigenvalue weighted by atomic mass is 10.0. The van der Waals surface area contributed by atoms with Gasteiger partial charge in [0.05, 0.1) is 17.9 Å². The van der Waals surface area contributed by atoms with Crippen LogP contribution in [0.15, 0.2) is 16.8 Å². The Bertz CT molecular complexity index is 708. The van der Waals surface area contributed by atoms with Crippen molar-refractivity contribution >= 4 is 17.2 Å². The quantitative estimate of drug-likeness (QED) is 0.806. The van der Waals surface area contributed by atoms with Gasteiger partial charge in [0, 0.05) is 31.5 Å². The van der Waals surface area contributed by atoms with E-state index in [0.29, 0.717) is 19.1 Å². The Balaban J connectivity index is 1.58. The van der Waals surface area contributed by atoms with Crippen molar-refractivity contribution in [2.45, 2.75) is 38.8 Å². The fourth-order valence-electron chi connectivity index (χ4n) is 3.24. The van der Waals surface area contributed by atoms with Crippen LogP contribution in [0, 0.1) is 5.92 Å². The number of rotatable bonds is 6. The van der Waals surface area contributed by atoms with E-state index in [-0.39, 0.29) is 11.9 Å². The van der Waals surface area contributed by atoms with Gasteiger partial charge in [0.15, 0.2) is 0 Å². The summed E-state index contributed by atoms with van der Waals surface area (Å²) in [7, 11) is 0. The van der Waals surface area contributed by atoms with E-state index in [4.69, 9.17) is 4.74 Å². The highest BCUT2D eigenvalue weighted by Crippen LogP contribution is 2.32. The molecule has 2 aromatic heterocycles. The first-order valence-electron chi connectivity index (χ1n) is 8.61. The van der Waals surface area contributed by atoms with E-state index in [2.05, 4.69) is 17.2 Å². The highest BCUT2D eigenvalue weighted by molar-refractivity contribution is 7.08. The Morgan fingerprint density at radius 2 is 2.29 bits per heavy atom. The molecule has 24 heavy (non-hydrogen) atoms. The molecule has 1 amide bonds. The van der Waals surface area contributed by atoms with E-state index in [0.717, 1.165) is 36.5 Å². The van der Waals surface area contributed by atoms with Crippen molar-refractivity contribution in [1.82, 2.24) is 19.9 Å². The zero-order valence-electron chi connectivity index (χ0n) is 13.9. The van der Waals surface area contributed by atoms with Gasteiger partial charge in [-0.05, 0) is 37.1 Å². The maximum atomic E-state index is 12.9. The van der Waals surface area contributed by atoms with Gasteiger partial charge in [0.1, 0.15) is 11.7 Å². The van der Waals surface area contributed by atoms with Crippen molar-refractivity contribution in [3.8, 4) is 0 Å². The molecule has 0 spiro atoms.